The van der Waals surface area contributed by atoms with E-state index in [2.05, 4.69) is 16.0 Å². The molecule has 7 heteroatoms. The largest absolute Gasteiger partial charge is 0.497 e. The quantitative estimate of drug-likeness (QED) is 0.697. The molecule has 1 amide bonds. The maximum Gasteiger partial charge on any atom is 0.255 e. The van der Waals surface area contributed by atoms with Crippen molar-refractivity contribution >= 4 is 40.5 Å². The molecule has 0 aliphatic carbocycles. The van der Waals surface area contributed by atoms with Crippen LogP contribution in [0, 0.1) is 0 Å². The molecule has 2 aromatic carbocycles. The molecule has 134 valence electrons. The Morgan fingerprint density at radius 3 is 2.65 bits per heavy atom. The van der Waals surface area contributed by atoms with Crippen LogP contribution in [0.5, 0.6) is 5.75 Å². The molecular weight excluding hydrogens is 370 g/mol. The summed E-state index contributed by atoms with van der Waals surface area (Å²) < 4.78 is 5.20. The number of rotatable bonds is 4. The second kappa shape index (κ2) is 7.76. The summed E-state index contributed by atoms with van der Waals surface area (Å²) in [5, 5.41) is 10.2. The van der Waals surface area contributed by atoms with Gasteiger partial charge in [0.05, 0.1) is 18.7 Å². The Morgan fingerprint density at radius 2 is 1.96 bits per heavy atom. The van der Waals surface area contributed by atoms with Crippen LogP contribution in [0.15, 0.2) is 59.8 Å². The van der Waals surface area contributed by atoms with Gasteiger partial charge in [-0.05, 0) is 49.0 Å². The van der Waals surface area contributed by atoms with Crippen molar-refractivity contribution in [2.45, 2.75) is 13.0 Å². The first-order valence-electron chi connectivity index (χ1n) is 7.97. The van der Waals surface area contributed by atoms with Crippen LogP contribution in [0.3, 0.4) is 0 Å². The van der Waals surface area contributed by atoms with E-state index in [4.69, 9.17) is 28.6 Å². The Balaban J connectivity index is 1.92. The van der Waals surface area contributed by atoms with E-state index in [9.17, 15) is 4.79 Å². The molecule has 1 atom stereocenters. The molecule has 0 saturated carbocycles. The predicted octanol–water partition coefficient (Wildman–Crippen LogP) is 3.78. The van der Waals surface area contributed by atoms with Gasteiger partial charge in [-0.25, -0.2) is 0 Å². The zero-order valence-corrected chi connectivity index (χ0v) is 15.9. The number of carbonyl (C=O) groups is 1. The van der Waals surface area contributed by atoms with Crippen molar-refractivity contribution in [3.63, 3.8) is 0 Å². The number of carbonyl (C=O) groups excluding carboxylic acids is 1. The molecule has 3 N–H and O–H groups in total. The summed E-state index contributed by atoms with van der Waals surface area (Å²) in [5.74, 6) is 0.446. The highest BCUT2D eigenvalue weighted by Crippen LogP contribution is 2.29. The number of anilines is 1. The van der Waals surface area contributed by atoms with Gasteiger partial charge in [-0.1, -0.05) is 29.8 Å². The van der Waals surface area contributed by atoms with Crippen molar-refractivity contribution < 1.29 is 9.53 Å². The fourth-order valence-electron chi connectivity index (χ4n) is 2.80. The highest BCUT2D eigenvalue weighted by Gasteiger charge is 2.29. The van der Waals surface area contributed by atoms with Crippen molar-refractivity contribution in [1.29, 1.82) is 0 Å². The van der Waals surface area contributed by atoms with Gasteiger partial charge < -0.3 is 20.7 Å². The van der Waals surface area contributed by atoms with Gasteiger partial charge in [0.1, 0.15) is 5.75 Å². The number of hydrogen-bond acceptors (Lipinski definition) is 3. The second-order valence-corrected chi connectivity index (χ2v) is 6.65. The molecule has 0 spiro atoms. The summed E-state index contributed by atoms with van der Waals surface area (Å²) >= 11 is 11.2. The number of halogens is 1. The molecule has 26 heavy (non-hydrogen) atoms. The monoisotopic (exact) mass is 387 g/mol. The summed E-state index contributed by atoms with van der Waals surface area (Å²) in [6, 6.07) is 14.2. The minimum Gasteiger partial charge on any atom is -0.497 e. The summed E-state index contributed by atoms with van der Waals surface area (Å²) in [5.41, 5.74) is 2.81. The van der Waals surface area contributed by atoms with Crippen molar-refractivity contribution in [1.82, 2.24) is 10.6 Å². The summed E-state index contributed by atoms with van der Waals surface area (Å²) in [7, 11) is 1.58. The Morgan fingerprint density at radius 1 is 1.23 bits per heavy atom. The third-order valence-corrected chi connectivity index (χ3v) is 4.52. The molecule has 0 aromatic heterocycles. The highest BCUT2D eigenvalue weighted by atomic mass is 35.5. The van der Waals surface area contributed by atoms with Gasteiger partial charge in [0, 0.05) is 22.5 Å². The van der Waals surface area contributed by atoms with E-state index in [0.717, 1.165) is 5.56 Å². The van der Waals surface area contributed by atoms with Gasteiger partial charge in [-0.15, -0.1) is 0 Å². The summed E-state index contributed by atoms with van der Waals surface area (Å²) in [6.45, 7) is 1.83. The fourth-order valence-corrected chi connectivity index (χ4v) is 3.20. The van der Waals surface area contributed by atoms with Crippen LogP contribution in [0.4, 0.5) is 5.69 Å². The van der Waals surface area contributed by atoms with Crippen molar-refractivity contribution in [3.05, 3.63) is 70.4 Å². The molecule has 0 fully saturated rings. The average Bonchev–Trinajstić information content (AvgIpc) is 2.61. The van der Waals surface area contributed by atoms with Crippen molar-refractivity contribution in [3.8, 4) is 5.75 Å². The number of methoxy groups -OCH3 is 1. The topological polar surface area (TPSA) is 62.4 Å². The zero-order chi connectivity index (χ0) is 18.7. The number of allylic oxidation sites excluding steroid dienone is 1. The summed E-state index contributed by atoms with van der Waals surface area (Å²) in [6.07, 6.45) is 0. The number of hydrogen-bond donors (Lipinski definition) is 3. The Bertz CT molecular complexity index is 881. The van der Waals surface area contributed by atoms with Gasteiger partial charge in [-0.2, -0.15) is 0 Å². The van der Waals surface area contributed by atoms with E-state index in [0.29, 0.717) is 32.8 Å². The number of thiocarbonyl (C=S) groups is 1. The summed E-state index contributed by atoms with van der Waals surface area (Å²) in [4.78, 5) is 13.0. The molecule has 2 aromatic rings. The lowest BCUT2D eigenvalue weighted by Gasteiger charge is -2.30. The average molecular weight is 388 g/mol. The molecule has 0 radical (unpaired) electrons. The van der Waals surface area contributed by atoms with E-state index >= 15 is 0 Å². The Kier molecular flexibility index (Phi) is 5.44. The van der Waals surface area contributed by atoms with Gasteiger partial charge >= 0.3 is 0 Å². The van der Waals surface area contributed by atoms with Crippen LogP contribution in [0.25, 0.3) is 0 Å². The van der Waals surface area contributed by atoms with Gasteiger partial charge in [0.25, 0.3) is 5.91 Å². The molecule has 1 unspecified atom stereocenters. The Hall–Kier alpha value is -2.57. The van der Waals surface area contributed by atoms with E-state index in [-0.39, 0.29) is 11.9 Å². The highest BCUT2D eigenvalue weighted by molar-refractivity contribution is 7.80. The molecule has 5 nitrogen and oxygen atoms in total. The molecule has 1 aliphatic rings. The van der Waals surface area contributed by atoms with Gasteiger partial charge in [0.2, 0.25) is 0 Å². The van der Waals surface area contributed by atoms with E-state index in [1.165, 1.54) is 0 Å². The number of amides is 1. The zero-order valence-electron chi connectivity index (χ0n) is 14.3. The molecule has 0 bridgehead atoms. The van der Waals surface area contributed by atoms with Crippen LogP contribution in [0.2, 0.25) is 5.02 Å². The first-order chi connectivity index (χ1) is 12.5. The smallest absolute Gasteiger partial charge is 0.255 e. The third-order valence-electron chi connectivity index (χ3n) is 4.04. The van der Waals surface area contributed by atoms with Crippen LogP contribution in [0.1, 0.15) is 18.5 Å². The SMILES string of the molecule is COc1cccc(NC(=O)C2=C(C)NC(=S)NC2c2ccc(Cl)cc2)c1. The van der Waals surface area contributed by atoms with Crippen molar-refractivity contribution in [2.75, 3.05) is 12.4 Å². The first kappa shape index (κ1) is 18.2. The second-order valence-electron chi connectivity index (χ2n) is 5.81. The van der Waals surface area contributed by atoms with Gasteiger partial charge in [-0.3, -0.25) is 4.79 Å². The normalized spacial score (nSPS) is 16.6. The lowest BCUT2D eigenvalue weighted by Crippen LogP contribution is -2.45. The lowest BCUT2D eigenvalue weighted by atomic mass is 9.95. The minimum atomic E-state index is -0.369. The number of nitrogens with one attached hydrogen (secondary N) is 3. The van der Waals surface area contributed by atoms with Crippen LogP contribution >= 0.6 is 23.8 Å². The fraction of sp³-hybridized carbons (Fsp3) is 0.158. The molecule has 3 rings (SSSR count). The molecule has 0 saturated heterocycles. The molecule has 1 aliphatic heterocycles. The van der Waals surface area contributed by atoms with Crippen LogP contribution in [-0.4, -0.2) is 18.1 Å². The van der Waals surface area contributed by atoms with E-state index < -0.39 is 0 Å². The van der Waals surface area contributed by atoms with Gasteiger partial charge in [0.15, 0.2) is 5.11 Å². The molecule has 1 heterocycles. The Labute approximate surface area is 162 Å². The minimum absolute atomic E-state index is 0.224. The standard InChI is InChI=1S/C19H18ClN3O2S/c1-11-16(18(24)22-14-4-3-5-15(10-14)25-2)17(23-19(26)21-11)12-6-8-13(20)9-7-12/h3-10,17H,1-2H3,(H,22,24)(H2,21,23,26). The lowest BCUT2D eigenvalue weighted by molar-refractivity contribution is -0.113. The predicted molar refractivity (Wildman–Crippen MR) is 107 cm³/mol. The van der Waals surface area contributed by atoms with Crippen molar-refractivity contribution in [2.24, 2.45) is 0 Å². The van der Waals surface area contributed by atoms with Crippen LogP contribution in [-0.2, 0) is 4.79 Å². The van der Waals surface area contributed by atoms with E-state index in [1.807, 2.05) is 37.3 Å². The first-order valence-corrected chi connectivity index (χ1v) is 8.75. The third kappa shape index (κ3) is 3.98. The number of ether oxygens (including phenoxy) is 1. The van der Waals surface area contributed by atoms with E-state index in [1.54, 1.807) is 25.3 Å². The molecular formula is C19H18ClN3O2S. The maximum absolute atomic E-state index is 13.0. The maximum atomic E-state index is 13.0. The van der Waals surface area contributed by atoms with Crippen LogP contribution < -0.4 is 20.7 Å². The number of benzene rings is 2.